The summed E-state index contributed by atoms with van der Waals surface area (Å²) in [5, 5.41) is 12.0. The number of carboxylic acids is 1. The van der Waals surface area contributed by atoms with Crippen LogP contribution in [0.3, 0.4) is 0 Å². The first-order valence-corrected chi connectivity index (χ1v) is 7.87. The van der Waals surface area contributed by atoms with Crippen molar-refractivity contribution in [3.63, 3.8) is 0 Å². The van der Waals surface area contributed by atoms with Crippen molar-refractivity contribution in [1.29, 1.82) is 0 Å². The van der Waals surface area contributed by atoms with E-state index in [2.05, 4.69) is 12.2 Å². The van der Waals surface area contributed by atoms with Gasteiger partial charge in [-0.25, -0.2) is 0 Å². The van der Waals surface area contributed by atoms with Gasteiger partial charge in [0.25, 0.3) is 0 Å². The van der Waals surface area contributed by atoms with E-state index in [0.29, 0.717) is 19.8 Å². The van der Waals surface area contributed by atoms with Gasteiger partial charge in [-0.15, -0.1) is 0 Å². The number of rotatable bonds is 5. The normalized spacial score (nSPS) is 30.8. The molecule has 0 spiro atoms. The fourth-order valence-corrected chi connectivity index (χ4v) is 3.15. The van der Waals surface area contributed by atoms with E-state index in [-0.39, 0.29) is 31.0 Å². The highest BCUT2D eigenvalue weighted by Crippen LogP contribution is 2.23. The first-order chi connectivity index (χ1) is 10.0. The minimum absolute atomic E-state index is 0.00634. The number of aliphatic carboxylic acids is 1. The summed E-state index contributed by atoms with van der Waals surface area (Å²) in [4.78, 5) is 24.9. The molecule has 1 unspecified atom stereocenters. The summed E-state index contributed by atoms with van der Waals surface area (Å²) in [7, 11) is 0. The Bertz CT molecular complexity index is 367. The molecular formula is C15H26N2O4. The van der Waals surface area contributed by atoms with Crippen molar-refractivity contribution in [3.8, 4) is 0 Å². The Labute approximate surface area is 125 Å². The molecule has 0 aromatic rings. The molecule has 1 saturated carbocycles. The maximum atomic E-state index is 12.2. The number of amides is 1. The van der Waals surface area contributed by atoms with Crippen LogP contribution in [0.5, 0.6) is 0 Å². The van der Waals surface area contributed by atoms with Gasteiger partial charge in [0.2, 0.25) is 5.91 Å². The van der Waals surface area contributed by atoms with Crippen molar-refractivity contribution >= 4 is 11.9 Å². The second-order valence-corrected chi connectivity index (χ2v) is 6.32. The summed E-state index contributed by atoms with van der Waals surface area (Å²) in [5.41, 5.74) is 0. The van der Waals surface area contributed by atoms with Crippen LogP contribution in [0.2, 0.25) is 0 Å². The summed E-state index contributed by atoms with van der Waals surface area (Å²) >= 11 is 0. The highest BCUT2D eigenvalue weighted by molar-refractivity contribution is 5.78. The number of carbonyl (C=O) groups excluding carboxylic acids is 1. The average Bonchev–Trinajstić information content (AvgIpc) is 2.43. The van der Waals surface area contributed by atoms with Crippen LogP contribution in [0.25, 0.3) is 0 Å². The van der Waals surface area contributed by atoms with Crippen molar-refractivity contribution in [3.05, 3.63) is 0 Å². The summed E-state index contributed by atoms with van der Waals surface area (Å²) in [6, 6.07) is 0.0843. The van der Waals surface area contributed by atoms with Crippen molar-refractivity contribution in [2.24, 2.45) is 5.92 Å². The number of carboxylic acid groups (broad SMARTS) is 1. The predicted molar refractivity (Wildman–Crippen MR) is 78.0 cm³/mol. The first kappa shape index (κ1) is 16.2. The molecule has 0 aromatic carbocycles. The Morgan fingerprint density at radius 3 is 2.67 bits per heavy atom. The lowest BCUT2D eigenvalue weighted by Gasteiger charge is -2.35. The third-order valence-electron chi connectivity index (χ3n) is 4.49. The second kappa shape index (κ2) is 7.75. The van der Waals surface area contributed by atoms with Crippen LogP contribution >= 0.6 is 0 Å². The van der Waals surface area contributed by atoms with E-state index in [1.165, 1.54) is 12.8 Å². The van der Waals surface area contributed by atoms with Gasteiger partial charge in [0.1, 0.15) is 0 Å². The molecule has 1 amide bonds. The van der Waals surface area contributed by atoms with Crippen LogP contribution in [0, 0.1) is 5.92 Å². The molecule has 1 saturated heterocycles. The van der Waals surface area contributed by atoms with E-state index in [0.717, 1.165) is 18.8 Å². The zero-order valence-corrected chi connectivity index (χ0v) is 12.7. The Morgan fingerprint density at radius 2 is 2.00 bits per heavy atom. The summed E-state index contributed by atoms with van der Waals surface area (Å²) in [5.74, 6) is -0.0821. The Hall–Kier alpha value is -1.14. The molecule has 1 aliphatic carbocycles. The van der Waals surface area contributed by atoms with Crippen LogP contribution in [0.15, 0.2) is 0 Å². The fourth-order valence-electron chi connectivity index (χ4n) is 3.15. The van der Waals surface area contributed by atoms with Gasteiger partial charge in [-0.05, 0) is 31.6 Å². The topological polar surface area (TPSA) is 78.9 Å². The molecule has 2 fully saturated rings. The predicted octanol–water partition coefficient (Wildman–Crippen LogP) is 0.857. The minimum atomic E-state index is -0.850. The van der Waals surface area contributed by atoms with Crippen LogP contribution in [0.1, 0.15) is 39.0 Å². The number of hydrogen-bond acceptors (Lipinski definition) is 4. The van der Waals surface area contributed by atoms with Crippen LogP contribution in [-0.2, 0) is 14.3 Å². The van der Waals surface area contributed by atoms with Crippen molar-refractivity contribution < 1.29 is 19.4 Å². The molecule has 2 N–H and O–H groups in total. The van der Waals surface area contributed by atoms with Crippen LogP contribution in [0.4, 0.5) is 0 Å². The number of ether oxygens (including phenoxy) is 1. The molecule has 1 aliphatic heterocycles. The Kier molecular flexibility index (Phi) is 5.99. The Balaban J connectivity index is 1.78. The average molecular weight is 298 g/mol. The number of carbonyl (C=O) groups is 2. The smallest absolute Gasteiger partial charge is 0.305 e. The highest BCUT2D eigenvalue weighted by Gasteiger charge is 2.28. The van der Waals surface area contributed by atoms with Crippen molar-refractivity contribution in [1.82, 2.24) is 10.2 Å². The maximum Gasteiger partial charge on any atom is 0.305 e. The van der Waals surface area contributed by atoms with Crippen LogP contribution in [-0.4, -0.2) is 60.3 Å². The number of morpholine rings is 1. The zero-order valence-electron chi connectivity index (χ0n) is 12.7. The molecule has 1 atom stereocenters. The monoisotopic (exact) mass is 298 g/mol. The van der Waals surface area contributed by atoms with Crippen molar-refractivity contribution in [2.75, 3.05) is 26.3 Å². The van der Waals surface area contributed by atoms with Gasteiger partial charge >= 0.3 is 5.97 Å². The standard InChI is InChI=1S/C15H26N2O4/c1-11-2-4-12(5-3-11)16-14(18)9-17-6-7-21-10-13(17)8-15(19)20/h11-13H,2-10H2,1H3,(H,16,18)(H,19,20). The lowest BCUT2D eigenvalue weighted by molar-refractivity contribution is -0.141. The molecule has 0 bridgehead atoms. The van der Waals surface area contributed by atoms with Crippen molar-refractivity contribution in [2.45, 2.75) is 51.1 Å². The molecule has 1 heterocycles. The van der Waals surface area contributed by atoms with E-state index in [4.69, 9.17) is 9.84 Å². The van der Waals surface area contributed by atoms with Gasteiger partial charge in [-0.1, -0.05) is 6.92 Å². The van der Waals surface area contributed by atoms with E-state index < -0.39 is 5.97 Å². The van der Waals surface area contributed by atoms with Gasteiger partial charge in [-0.2, -0.15) is 0 Å². The largest absolute Gasteiger partial charge is 0.481 e. The molecule has 6 heteroatoms. The second-order valence-electron chi connectivity index (χ2n) is 6.32. The third-order valence-corrected chi connectivity index (χ3v) is 4.49. The van der Waals surface area contributed by atoms with E-state index in [9.17, 15) is 9.59 Å². The van der Waals surface area contributed by atoms with E-state index >= 15 is 0 Å². The molecule has 0 aromatic heterocycles. The molecule has 2 rings (SSSR count). The number of hydrogen-bond donors (Lipinski definition) is 2. The first-order valence-electron chi connectivity index (χ1n) is 7.87. The van der Waals surface area contributed by atoms with Gasteiger partial charge in [0.05, 0.1) is 26.2 Å². The Morgan fingerprint density at radius 1 is 1.29 bits per heavy atom. The number of nitrogens with zero attached hydrogens (tertiary/aromatic N) is 1. The maximum absolute atomic E-state index is 12.2. The molecule has 6 nitrogen and oxygen atoms in total. The molecule has 0 radical (unpaired) electrons. The lowest BCUT2D eigenvalue weighted by atomic mass is 9.87. The highest BCUT2D eigenvalue weighted by atomic mass is 16.5. The lowest BCUT2D eigenvalue weighted by Crippen LogP contribution is -2.51. The molecule has 2 aliphatic rings. The summed E-state index contributed by atoms with van der Waals surface area (Å²) < 4.78 is 5.32. The van der Waals surface area contributed by atoms with Gasteiger partial charge in [-0.3, -0.25) is 14.5 Å². The third kappa shape index (κ3) is 5.28. The number of nitrogens with one attached hydrogen (secondary N) is 1. The molecule has 120 valence electrons. The van der Waals surface area contributed by atoms with Gasteiger partial charge in [0, 0.05) is 18.6 Å². The fraction of sp³-hybridized carbons (Fsp3) is 0.867. The van der Waals surface area contributed by atoms with Gasteiger partial charge in [0.15, 0.2) is 0 Å². The zero-order chi connectivity index (χ0) is 15.2. The van der Waals surface area contributed by atoms with Crippen LogP contribution < -0.4 is 5.32 Å². The van der Waals surface area contributed by atoms with Gasteiger partial charge < -0.3 is 15.2 Å². The molecule has 21 heavy (non-hydrogen) atoms. The van der Waals surface area contributed by atoms with E-state index in [1.54, 1.807) is 0 Å². The quantitative estimate of drug-likeness (QED) is 0.787. The molecular weight excluding hydrogens is 272 g/mol. The minimum Gasteiger partial charge on any atom is -0.481 e. The summed E-state index contributed by atoms with van der Waals surface area (Å²) in [6.07, 6.45) is 4.46. The summed E-state index contributed by atoms with van der Waals surface area (Å²) in [6.45, 7) is 4.09. The van der Waals surface area contributed by atoms with E-state index in [1.807, 2.05) is 4.90 Å². The SMILES string of the molecule is CC1CCC(NC(=O)CN2CCOCC2CC(=O)O)CC1.